The summed E-state index contributed by atoms with van der Waals surface area (Å²) in [7, 11) is 0. The summed E-state index contributed by atoms with van der Waals surface area (Å²) in [4.78, 5) is 28.3. The summed E-state index contributed by atoms with van der Waals surface area (Å²) in [5.41, 5.74) is 2.07. The van der Waals surface area contributed by atoms with Gasteiger partial charge in [-0.15, -0.1) is 11.8 Å². The molecular weight excluding hydrogens is 360 g/mol. The minimum atomic E-state index is -0.366. The molecule has 1 amide bonds. The van der Waals surface area contributed by atoms with Crippen LogP contribution >= 0.6 is 11.8 Å². The summed E-state index contributed by atoms with van der Waals surface area (Å²) in [6.45, 7) is 2.10. The Morgan fingerprint density at radius 2 is 1.81 bits per heavy atom. The number of fused-ring (bicyclic) bond motifs is 1. The average molecular weight is 380 g/mol. The molecule has 1 heterocycles. The Bertz CT molecular complexity index is 942. The molecular formula is C21H20N2O3S. The Morgan fingerprint density at radius 3 is 2.59 bits per heavy atom. The van der Waals surface area contributed by atoms with Crippen molar-refractivity contribution in [3.8, 4) is 0 Å². The Morgan fingerprint density at radius 1 is 1.04 bits per heavy atom. The van der Waals surface area contributed by atoms with Gasteiger partial charge in [0.2, 0.25) is 5.91 Å². The third-order valence-electron chi connectivity index (χ3n) is 3.83. The highest BCUT2D eigenvalue weighted by molar-refractivity contribution is 7.99. The second-order valence-corrected chi connectivity index (χ2v) is 6.90. The van der Waals surface area contributed by atoms with Crippen LogP contribution in [0.15, 0.2) is 65.7 Å². The lowest BCUT2D eigenvalue weighted by Gasteiger charge is -2.07. The summed E-state index contributed by atoms with van der Waals surface area (Å²) < 4.78 is 4.94. The van der Waals surface area contributed by atoms with Gasteiger partial charge >= 0.3 is 5.97 Å². The number of rotatable bonds is 7. The number of carbonyl (C=O) groups is 2. The number of pyridine rings is 1. The predicted octanol–water partition coefficient (Wildman–Crippen LogP) is 4.53. The number of esters is 1. The third-order valence-corrected chi connectivity index (χ3v) is 4.76. The molecule has 138 valence electrons. The second-order valence-electron chi connectivity index (χ2n) is 5.79. The molecule has 1 aromatic heterocycles. The van der Waals surface area contributed by atoms with Crippen LogP contribution in [0.3, 0.4) is 0 Å². The molecule has 27 heavy (non-hydrogen) atoms. The SMILES string of the molecule is CCOC(=O)c1ccc(NC(=O)CCSc2ccc3ccccc3n2)cc1. The van der Waals surface area contributed by atoms with Crippen LogP contribution < -0.4 is 5.32 Å². The number of aromatic nitrogens is 1. The molecule has 0 bridgehead atoms. The van der Waals surface area contributed by atoms with Gasteiger partial charge in [0.1, 0.15) is 0 Å². The van der Waals surface area contributed by atoms with E-state index in [-0.39, 0.29) is 11.9 Å². The van der Waals surface area contributed by atoms with Crippen LogP contribution in [0.1, 0.15) is 23.7 Å². The highest BCUT2D eigenvalue weighted by Gasteiger charge is 2.08. The number of hydrogen-bond acceptors (Lipinski definition) is 5. The molecule has 3 aromatic rings. The van der Waals surface area contributed by atoms with Crippen LogP contribution in [0.2, 0.25) is 0 Å². The number of carbonyl (C=O) groups excluding carboxylic acids is 2. The fourth-order valence-electron chi connectivity index (χ4n) is 2.50. The summed E-state index contributed by atoms with van der Waals surface area (Å²) in [5, 5.41) is 4.84. The molecule has 0 aliphatic carbocycles. The van der Waals surface area contributed by atoms with Crippen molar-refractivity contribution in [1.82, 2.24) is 4.98 Å². The van der Waals surface area contributed by atoms with Gasteiger partial charge in [-0.3, -0.25) is 4.79 Å². The van der Waals surface area contributed by atoms with Crippen LogP contribution in [0.25, 0.3) is 10.9 Å². The standard InChI is InChI=1S/C21H20N2O3S/c1-2-26-21(25)16-7-10-17(11-8-16)22-19(24)13-14-27-20-12-9-15-5-3-4-6-18(15)23-20/h3-12H,2,13-14H2,1H3,(H,22,24). The highest BCUT2D eigenvalue weighted by atomic mass is 32.2. The van der Waals surface area contributed by atoms with E-state index < -0.39 is 0 Å². The molecule has 0 aliphatic rings. The van der Waals surface area contributed by atoms with E-state index in [0.29, 0.717) is 30.0 Å². The van der Waals surface area contributed by atoms with Gasteiger partial charge in [0.05, 0.1) is 22.7 Å². The van der Waals surface area contributed by atoms with Crippen molar-refractivity contribution in [1.29, 1.82) is 0 Å². The van der Waals surface area contributed by atoms with E-state index in [0.717, 1.165) is 15.9 Å². The average Bonchev–Trinajstić information content (AvgIpc) is 2.68. The number of thioether (sulfide) groups is 1. The highest BCUT2D eigenvalue weighted by Crippen LogP contribution is 2.20. The van der Waals surface area contributed by atoms with Gasteiger partial charge in [-0.05, 0) is 43.3 Å². The van der Waals surface area contributed by atoms with E-state index in [1.54, 1.807) is 43.0 Å². The Balaban J connectivity index is 1.48. The molecule has 0 spiro atoms. The molecule has 0 aliphatic heterocycles. The van der Waals surface area contributed by atoms with Crippen molar-refractivity contribution in [2.24, 2.45) is 0 Å². The molecule has 0 radical (unpaired) electrons. The number of benzene rings is 2. The monoisotopic (exact) mass is 380 g/mol. The van der Waals surface area contributed by atoms with Crippen molar-refractivity contribution in [2.45, 2.75) is 18.4 Å². The van der Waals surface area contributed by atoms with Gasteiger partial charge in [-0.2, -0.15) is 0 Å². The van der Waals surface area contributed by atoms with Gasteiger partial charge in [0.15, 0.2) is 0 Å². The molecule has 0 saturated carbocycles. The molecule has 3 rings (SSSR count). The van der Waals surface area contributed by atoms with Crippen molar-refractivity contribution in [3.05, 3.63) is 66.2 Å². The molecule has 0 saturated heterocycles. The maximum atomic E-state index is 12.1. The first kappa shape index (κ1) is 18.9. The first-order valence-electron chi connectivity index (χ1n) is 8.71. The number of amides is 1. The van der Waals surface area contributed by atoms with E-state index in [4.69, 9.17) is 4.74 Å². The summed E-state index contributed by atoms with van der Waals surface area (Å²) in [5.74, 6) is 0.194. The van der Waals surface area contributed by atoms with E-state index in [1.165, 1.54) is 0 Å². The van der Waals surface area contributed by atoms with Crippen molar-refractivity contribution in [3.63, 3.8) is 0 Å². The Kier molecular flexibility index (Phi) is 6.44. The van der Waals surface area contributed by atoms with Gasteiger partial charge in [-0.1, -0.05) is 24.3 Å². The number of nitrogens with one attached hydrogen (secondary N) is 1. The lowest BCUT2D eigenvalue weighted by Crippen LogP contribution is -2.12. The van der Waals surface area contributed by atoms with Gasteiger partial charge in [0, 0.05) is 23.2 Å². The molecule has 5 nitrogen and oxygen atoms in total. The lowest BCUT2D eigenvalue weighted by atomic mass is 10.2. The molecule has 0 fully saturated rings. The number of ether oxygens (including phenoxy) is 1. The third kappa shape index (κ3) is 5.31. The fourth-order valence-corrected chi connectivity index (χ4v) is 3.33. The molecule has 1 N–H and O–H groups in total. The molecule has 0 unspecified atom stereocenters. The maximum Gasteiger partial charge on any atom is 0.338 e. The first-order valence-corrected chi connectivity index (χ1v) is 9.70. The number of hydrogen-bond donors (Lipinski definition) is 1. The van der Waals surface area contributed by atoms with Crippen LogP contribution in [-0.2, 0) is 9.53 Å². The summed E-state index contributed by atoms with van der Waals surface area (Å²) in [6, 6.07) is 18.6. The van der Waals surface area contributed by atoms with E-state index in [2.05, 4.69) is 10.3 Å². The first-order chi connectivity index (χ1) is 13.2. The number of nitrogens with zero attached hydrogens (tertiary/aromatic N) is 1. The zero-order valence-corrected chi connectivity index (χ0v) is 15.8. The van der Waals surface area contributed by atoms with Gasteiger partial charge in [0.25, 0.3) is 0 Å². The molecule has 2 aromatic carbocycles. The molecule has 0 atom stereocenters. The smallest absolute Gasteiger partial charge is 0.338 e. The van der Waals surface area contributed by atoms with Crippen LogP contribution in [0.5, 0.6) is 0 Å². The summed E-state index contributed by atoms with van der Waals surface area (Å²) in [6.07, 6.45) is 0.374. The summed E-state index contributed by atoms with van der Waals surface area (Å²) >= 11 is 1.55. The zero-order chi connectivity index (χ0) is 19.1. The minimum absolute atomic E-state index is 0.0767. The van der Waals surface area contributed by atoms with E-state index in [1.807, 2.05) is 36.4 Å². The Labute approximate surface area is 162 Å². The quantitative estimate of drug-likeness (QED) is 0.482. The Hall–Kier alpha value is -2.86. The van der Waals surface area contributed by atoms with Gasteiger partial charge < -0.3 is 10.1 Å². The van der Waals surface area contributed by atoms with Crippen molar-refractivity contribution in [2.75, 3.05) is 17.7 Å². The zero-order valence-electron chi connectivity index (χ0n) is 15.0. The van der Waals surface area contributed by atoms with Crippen LogP contribution in [0, 0.1) is 0 Å². The number of para-hydroxylation sites is 1. The lowest BCUT2D eigenvalue weighted by molar-refractivity contribution is -0.115. The normalized spacial score (nSPS) is 10.6. The minimum Gasteiger partial charge on any atom is -0.462 e. The van der Waals surface area contributed by atoms with Crippen molar-refractivity contribution >= 4 is 40.2 Å². The second kappa shape index (κ2) is 9.19. The molecule has 6 heteroatoms. The van der Waals surface area contributed by atoms with E-state index >= 15 is 0 Å². The van der Waals surface area contributed by atoms with E-state index in [9.17, 15) is 9.59 Å². The van der Waals surface area contributed by atoms with Crippen LogP contribution in [0.4, 0.5) is 5.69 Å². The number of anilines is 1. The fraction of sp³-hybridized carbons (Fsp3) is 0.190. The maximum absolute atomic E-state index is 12.1. The van der Waals surface area contributed by atoms with Crippen molar-refractivity contribution < 1.29 is 14.3 Å². The predicted molar refractivity (Wildman–Crippen MR) is 108 cm³/mol. The largest absolute Gasteiger partial charge is 0.462 e. The van der Waals surface area contributed by atoms with Gasteiger partial charge in [-0.25, -0.2) is 9.78 Å². The topological polar surface area (TPSA) is 68.3 Å². The van der Waals surface area contributed by atoms with Crippen LogP contribution in [-0.4, -0.2) is 29.2 Å².